The maximum atomic E-state index is 13.0. The van der Waals surface area contributed by atoms with Gasteiger partial charge in [0, 0.05) is 36.6 Å². The Morgan fingerprint density at radius 1 is 1.09 bits per heavy atom. The number of amides is 1. The largest absolute Gasteiger partial charge is 0.372 e. The van der Waals surface area contributed by atoms with Crippen LogP contribution in [-0.4, -0.2) is 46.2 Å². The molecule has 3 heterocycles. The maximum absolute atomic E-state index is 13.0. The van der Waals surface area contributed by atoms with E-state index in [2.05, 4.69) is 25.2 Å². The van der Waals surface area contributed by atoms with Crippen molar-refractivity contribution in [1.82, 2.24) is 15.0 Å². The van der Waals surface area contributed by atoms with Crippen LogP contribution in [0.15, 0.2) is 54.7 Å². The fourth-order valence-electron chi connectivity index (χ4n) is 4.19. The Balaban J connectivity index is 1.36. The lowest BCUT2D eigenvalue weighted by molar-refractivity contribution is -0.00546. The monoisotopic (exact) mass is 495 g/mol. The van der Waals surface area contributed by atoms with Gasteiger partial charge in [0.05, 0.1) is 38.9 Å². The first-order chi connectivity index (χ1) is 16.4. The fraction of sp³-hybridized carbons (Fsp3) is 0.240. The Bertz CT molecular complexity index is 1330. The van der Waals surface area contributed by atoms with Gasteiger partial charge >= 0.3 is 0 Å². The van der Waals surface area contributed by atoms with Gasteiger partial charge in [-0.05, 0) is 44.2 Å². The summed E-state index contributed by atoms with van der Waals surface area (Å²) in [5, 5.41) is 3.74. The smallest absolute Gasteiger partial charge is 0.258 e. The molecule has 9 heteroatoms. The van der Waals surface area contributed by atoms with E-state index in [-0.39, 0.29) is 18.1 Å². The van der Waals surface area contributed by atoms with Crippen LogP contribution in [0.5, 0.6) is 0 Å². The highest BCUT2D eigenvalue weighted by atomic mass is 35.5. The van der Waals surface area contributed by atoms with E-state index >= 15 is 0 Å². The number of hydrogen-bond acceptors (Lipinski definition) is 5. The lowest BCUT2D eigenvalue weighted by Crippen LogP contribution is -2.45. The summed E-state index contributed by atoms with van der Waals surface area (Å²) in [7, 11) is 0. The topological polar surface area (TPSA) is 83.1 Å². The molecule has 34 heavy (non-hydrogen) atoms. The van der Waals surface area contributed by atoms with Crippen LogP contribution in [0.25, 0.3) is 22.4 Å². The Morgan fingerprint density at radius 2 is 1.85 bits per heavy atom. The van der Waals surface area contributed by atoms with E-state index in [1.165, 1.54) is 6.20 Å². The Hall–Kier alpha value is -3.13. The van der Waals surface area contributed by atoms with E-state index in [4.69, 9.17) is 27.9 Å². The Kier molecular flexibility index (Phi) is 6.16. The van der Waals surface area contributed by atoms with Crippen molar-refractivity contribution in [2.45, 2.75) is 26.1 Å². The molecule has 0 bridgehead atoms. The third-order valence-corrected chi connectivity index (χ3v) is 6.34. The number of rotatable bonds is 4. The highest BCUT2D eigenvalue weighted by Gasteiger charge is 2.24. The predicted octanol–water partition coefficient (Wildman–Crippen LogP) is 5.80. The van der Waals surface area contributed by atoms with Crippen molar-refractivity contribution >= 4 is 51.6 Å². The van der Waals surface area contributed by atoms with Gasteiger partial charge in [-0.3, -0.25) is 4.79 Å². The van der Waals surface area contributed by atoms with Crippen molar-refractivity contribution in [3.05, 3.63) is 70.3 Å². The van der Waals surface area contributed by atoms with Gasteiger partial charge in [-0.1, -0.05) is 35.3 Å². The molecule has 0 radical (unpaired) electrons. The fourth-order valence-corrected chi connectivity index (χ4v) is 4.63. The number of anilines is 2. The van der Waals surface area contributed by atoms with E-state index in [1.807, 2.05) is 38.1 Å². The van der Waals surface area contributed by atoms with Crippen molar-refractivity contribution in [2.24, 2.45) is 0 Å². The first kappa shape index (κ1) is 22.7. The minimum atomic E-state index is -0.356. The number of ether oxygens (including phenoxy) is 1. The van der Waals surface area contributed by atoms with Gasteiger partial charge < -0.3 is 19.9 Å². The summed E-state index contributed by atoms with van der Waals surface area (Å²) in [6, 6.07) is 14.7. The maximum Gasteiger partial charge on any atom is 0.258 e. The van der Waals surface area contributed by atoms with Crippen molar-refractivity contribution in [1.29, 1.82) is 0 Å². The van der Waals surface area contributed by atoms with Crippen molar-refractivity contribution < 1.29 is 9.53 Å². The zero-order chi connectivity index (χ0) is 23.8. The molecule has 2 N–H and O–H groups in total. The summed E-state index contributed by atoms with van der Waals surface area (Å²) in [5.41, 5.74) is 3.29. The number of hydrogen-bond donors (Lipinski definition) is 2. The minimum Gasteiger partial charge on any atom is -0.372 e. The number of nitrogens with one attached hydrogen (secondary N) is 2. The Labute approximate surface area is 207 Å². The summed E-state index contributed by atoms with van der Waals surface area (Å²) in [5.74, 6) is 0.994. The molecule has 1 saturated heterocycles. The van der Waals surface area contributed by atoms with E-state index in [0.29, 0.717) is 45.8 Å². The summed E-state index contributed by atoms with van der Waals surface area (Å²) >= 11 is 12.9. The summed E-state index contributed by atoms with van der Waals surface area (Å²) in [6.07, 6.45) is 1.70. The molecular weight excluding hydrogens is 473 g/mol. The molecule has 174 valence electrons. The number of halogens is 2. The molecule has 1 aliphatic rings. The second kappa shape index (κ2) is 9.25. The van der Waals surface area contributed by atoms with E-state index < -0.39 is 0 Å². The predicted molar refractivity (Wildman–Crippen MR) is 136 cm³/mol. The number of benzene rings is 2. The van der Waals surface area contributed by atoms with Crippen LogP contribution in [0.1, 0.15) is 24.2 Å². The molecule has 1 aliphatic heterocycles. The number of morpholine rings is 1. The van der Waals surface area contributed by atoms with Crippen molar-refractivity contribution in [3.63, 3.8) is 0 Å². The van der Waals surface area contributed by atoms with Crippen LogP contribution >= 0.6 is 23.2 Å². The van der Waals surface area contributed by atoms with Crippen molar-refractivity contribution in [2.75, 3.05) is 23.3 Å². The van der Waals surface area contributed by atoms with Crippen LogP contribution in [0, 0.1) is 0 Å². The normalized spacial score (nSPS) is 18.3. The Morgan fingerprint density at radius 3 is 2.59 bits per heavy atom. The number of H-pyrrole nitrogens is 1. The first-order valence-corrected chi connectivity index (χ1v) is 11.7. The number of carbonyl (C=O) groups is 1. The summed E-state index contributed by atoms with van der Waals surface area (Å²) in [6.45, 7) is 5.48. The molecule has 2 aromatic heterocycles. The third-order valence-electron chi connectivity index (χ3n) is 5.70. The SMILES string of the molecule is C[C@@H]1CN(c2cc(Cl)c(C(=O)Nc3ccc(Cl)c(-c4nc5ccccc5[nH]4)c3)cn2)C[C@H](C)O1. The molecule has 1 fully saturated rings. The van der Waals surface area contributed by atoms with E-state index in [0.717, 1.165) is 16.9 Å². The van der Waals surface area contributed by atoms with Gasteiger partial charge in [-0.15, -0.1) is 0 Å². The zero-order valence-corrected chi connectivity index (χ0v) is 20.2. The van der Waals surface area contributed by atoms with Gasteiger partial charge in [0.2, 0.25) is 0 Å². The standard InChI is InChI=1S/C25H23Cl2N5O2/c1-14-12-32(13-15(2)34-14)23-10-20(27)18(11-28-23)25(33)29-16-7-8-19(26)17(9-16)24-30-21-5-3-4-6-22(21)31-24/h3-11,14-15H,12-13H2,1-2H3,(H,29,33)(H,30,31)/t14-,15+. The average Bonchev–Trinajstić information content (AvgIpc) is 3.23. The number of pyridine rings is 1. The van der Waals surface area contributed by atoms with Crippen LogP contribution < -0.4 is 10.2 Å². The van der Waals surface area contributed by atoms with Crippen LogP contribution in [-0.2, 0) is 4.74 Å². The van der Waals surface area contributed by atoms with Crippen LogP contribution in [0.4, 0.5) is 11.5 Å². The van der Waals surface area contributed by atoms with E-state index in [1.54, 1.807) is 24.3 Å². The summed E-state index contributed by atoms with van der Waals surface area (Å²) in [4.78, 5) is 27.4. The van der Waals surface area contributed by atoms with E-state index in [9.17, 15) is 4.79 Å². The molecule has 0 unspecified atom stereocenters. The van der Waals surface area contributed by atoms with Crippen molar-refractivity contribution in [3.8, 4) is 11.4 Å². The number of fused-ring (bicyclic) bond motifs is 1. The molecule has 7 nitrogen and oxygen atoms in total. The molecule has 5 rings (SSSR count). The van der Waals surface area contributed by atoms with Gasteiger partial charge in [0.1, 0.15) is 11.6 Å². The molecule has 0 aliphatic carbocycles. The minimum absolute atomic E-state index is 0.0955. The van der Waals surface area contributed by atoms with Gasteiger partial charge in [-0.2, -0.15) is 0 Å². The molecule has 1 amide bonds. The van der Waals surface area contributed by atoms with Gasteiger partial charge in [0.25, 0.3) is 5.91 Å². The first-order valence-electron chi connectivity index (χ1n) is 11.0. The second-order valence-electron chi connectivity index (χ2n) is 8.44. The average molecular weight is 496 g/mol. The van der Waals surface area contributed by atoms with Crippen LogP contribution in [0.2, 0.25) is 10.0 Å². The number of aromatic amines is 1. The number of imidazole rings is 1. The van der Waals surface area contributed by atoms with Crippen LogP contribution in [0.3, 0.4) is 0 Å². The molecule has 2 aromatic carbocycles. The molecular formula is C25H23Cl2N5O2. The molecule has 2 atom stereocenters. The van der Waals surface area contributed by atoms with Gasteiger partial charge in [0.15, 0.2) is 0 Å². The highest BCUT2D eigenvalue weighted by Crippen LogP contribution is 2.31. The quantitative estimate of drug-likeness (QED) is 0.373. The second-order valence-corrected chi connectivity index (χ2v) is 9.25. The molecule has 4 aromatic rings. The molecule has 0 saturated carbocycles. The number of nitrogens with zero attached hydrogens (tertiary/aromatic N) is 3. The third kappa shape index (κ3) is 4.59. The zero-order valence-electron chi connectivity index (χ0n) is 18.7. The van der Waals surface area contributed by atoms with Gasteiger partial charge in [-0.25, -0.2) is 9.97 Å². The number of carbonyl (C=O) groups excluding carboxylic acids is 1. The number of aromatic nitrogens is 3. The molecule has 0 spiro atoms. The lowest BCUT2D eigenvalue weighted by atomic mass is 10.1. The number of para-hydroxylation sites is 2. The lowest BCUT2D eigenvalue weighted by Gasteiger charge is -2.36. The highest BCUT2D eigenvalue weighted by molar-refractivity contribution is 6.35. The summed E-state index contributed by atoms with van der Waals surface area (Å²) < 4.78 is 5.78.